The smallest absolute Gasteiger partial charge is 0.123 e. The van der Waals surface area contributed by atoms with E-state index >= 15 is 0 Å². The summed E-state index contributed by atoms with van der Waals surface area (Å²) >= 11 is 0. The average Bonchev–Trinajstić information content (AvgIpc) is 3.19. The van der Waals surface area contributed by atoms with Gasteiger partial charge in [0.15, 0.2) is 0 Å². The predicted molar refractivity (Wildman–Crippen MR) is 74.7 cm³/mol. The van der Waals surface area contributed by atoms with E-state index in [2.05, 4.69) is 10.3 Å². The van der Waals surface area contributed by atoms with E-state index in [4.69, 9.17) is 5.10 Å². The van der Waals surface area contributed by atoms with Crippen molar-refractivity contribution in [2.24, 2.45) is 0 Å². The number of hydrogen-bond donors (Lipinski definition) is 0. The Morgan fingerprint density at radius 3 is 2.76 bits per heavy atom. The molecule has 4 rings (SSSR count). The molecule has 3 aromatic rings. The number of aromatic nitrogens is 5. The third-order valence-electron chi connectivity index (χ3n) is 3.87. The van der Waals surface area contributed by atoms with E-state index in [1.807, 2.05) is 10.9 Å². The van der Waals surface area contributed by atoms with E-state index in [9.17, 15) is 4.39 Å². The summed E-state index contributed by atoms with van der Waals surface area (Å²) in [7, 11) is 0. The van der Waals surface area contributed by atoms with Crippen LogP contribution in [0.4, 0.5) is 4.39 Å². The van der Waals surface area contributed by atoms with E-state index in [0.29, 0.717) is 6.54 Å². The minimum absolute atomic E-state index is 0.231. The van der Waals surface area contributed by atoms with Crippen molar-refractivity contribution in [1.82, 2.24) is 24.8 Å². The fourth-order valence-electron chi connectivity index (χ4n) is 2.91. The van der Waals surface area contributed by atoms with E-state index in [1.165, 1.54) is 23.4 Å². The van der Waals surface area contributed by atoms with Gasteiger partial charge < -0.3 is 0 Å². The maximum absolute atomic E-state index is 13.1. The van der Waals surface area contributed by atoms with Crippen molar-refractivity contribution < 1.29 is 4.39 Å². The molecule has 1 aliphatic rings. The minimum atomic E-state index is -0.231. The lowest BCUT2D eigenvalue weighted by Gasteiger charge is -2.05. The summed E-state index contributed by atoms with van der Waals surface area (Å²) in [6, 6.07) is 6.46. The monoisotopic (exact) mass is 283 g/mol. The summed E-state index contributed by atoms with van der Waals surface area (Å²) in [4.78, 5) is 0. The molecule has 0 saturated carbocycles. The molecule has 106 valence electrons. The molecular weight excluding hydrogens is 269 g/mol. The molecule has 0 saturated heterocycles. The average molecular weight is 283 g/mol. The van der Waals surface area contributed by atoms with Gasteiger partial charge in [-0.15, -0.1) is 5.10 Å². The topological polar surface area (TPSA) is 48.5 Å². The summed E-state index contributed by atoms with van der Waals surface area (Å²) in [6.07, 6.45) is 6.69. The van der Waals surface area contributed by atoms with E-state index in [1.54, 1.807) is 23.0 Å². The molecule has 0 atom stereocenters. The van der Waals surface area contributed by atoms with Crippen molar-refractivity contribution in [3.05, 3.63) is 59.4 Å². The molecule has 0 fully saturated rings. The zero-order valence-electron chi connectivity index (χ0n) is 11.4. The predicted octanol–water partition coefficient (Wildman–Crippen LogP) is 2.14. The second-order valence-corrected chi connectivity index (χ2v) is 5.21. The number of nitrogens with zero attached hydrogens (tertiary/aromatic N) is 5. The van der Waals surface area contributed by atoms with E-state index < -0.39 is 0 Å². The van der Waals surface area contributed by atoms with Gasteiger partial charge in [-0.2, -0.15) is 5.10 Å². The molecule has 0 radical (unpaired) electrons. The Hall–Kier alpha value is -2.50. The molecule has 0 unspecified atom stereocenters. The highest BCUT2D eigenvalue weighted by Crippen LogP contribution is 2.28. The Morgan fingerprint density at radius 2 is 2.00 bits per heavy atom. The first-order valence-corrected chi connectivity index (χ1v) is 7.01. The lowest BCUT2D eigenvalue weighted by Crippen LogP contribution is -2.05. The Balaban J connectivity index is 1.76. The molecule has 1 aliphatic carbocycles. The summed E-state index contributed by atoms with van der Waals surface area (Å²) < 4.78 is 16.8. The van der Waals surface area contributed by atoms with Crippen molar-refractivity contribution >= 4 is 0 Å². The van der Waals surface area contributed by atoms with Gasteiger partial charge in [0.1, 0.15) is 5.82 Å². The largest absolute Gasteiger partial charge is 0.246 e. The Morgan fingerprint density at radius 1 is 1.14 bits per heavy atom. The molecule has 2 aromatic heterocycles. The number of fused-ring (bicyclic) bond motifs is 1. The van der Waals surface area contributed by atoms with Crippen LogP contribution in [0.3, 0.4) is 0 Å². The number of rotatable bonds is 3. The molecule has 21 heavy (non-hydrogen) atoms. The van der Waals surface area contributed by atoms with Crippen LogP contribution in [0.25, 0.3) is 5.69 Å². The van der Waals surface area contributed by atoms with Crippen LogP contribution in [0.1, 0.15) is 23.4 Å². The highest BCUT2D eigenvalue weighted by molar-refractivity contribution is 5.40. The number of benzene rings is 1. The fraction of sp³-hybridized carbons (Fsp3) is 0.267. The molecule has 6 heteroatoms. The second-order valence-electron chi connectivity index (χ2n) is 5.21. The van der Waals surface area contributed by atoms with Crippen LogP contribution < -0.4 is 0 Å². The zero-order valence-corrected chi connectivity index (χ0v) is 11.4. The first-order valence-electron chi connectivity index (χ1n) is 7.01. The van der Waals surface area contributed by atoms with E-state index in [0.717, 1.165) is 30.6 Å². The molecule has 1 aromatic carbocycles. The summed E-state index contributed by atoms with van der Waals surface area (Å²) in [6.45, 7) is 0.622. The lowest BCUT2D eigenvalue weighted by atomic mass is 10.2. The van der Waals surface area contributed by atoms with E-state index in [-0.39, 0.29) is 5.82 Å². The summed E-state index contributed by atoms with van der Waals surface area (Å²) in [5, 5.41) is 12.5. The van der Waals surface area contributed by atoms with Gasteiger partial charge in [-0.25, -0.2) is 13.8 Å². The van der Waals surface area contributed by atoms with Crippen LogP contribution in [-0.4, -0.2) is 24.8 Å². The van der Waals surface area contributed by atoms with Gasteiger partial charge in [0.25, 0.3) is 0 Å². The van der Waals surface area contributed by atoms with Gasteiger partial charge in [0, 0.05) is 11.9 Å². The molecule has 0 bridgehead atoms. The highest BCUT2D eigenvalue weighted by Gasteiger charge is 2.23. The SMILES string of the molecule is Fc1ccc(-n2nc(Cn3ccnn3)c3c2CCC3)cc1. The first kappa shape index (κ1) is 12.3. The van der Waals surface area contributed by atoms with Crippen LogP contribution in [0.2, 0.25) is 0 Å². The number of hydrogen-bond acceptors (Lipinski definition) is 3. The highest BCUT2D eigenvalue weighted by atomic mass is 19.1. The fourth-order valence-corrected chi connectivity index (χ4v) is 2.91. The van der Waals surface area contributed by atoms with Crippen molar-refractivity contribution in [1.29, 1.82) is 0 Å². The first-order chi connectivity index (χ1) is 10.3. The standard InChI is InChI=1S/C15H14FN5/c16-11-4-6-12(7-5-11)21-15-3-1-2-13(15)14(18-21)10-20-9-8-17-19-20/h4-9H,1-3,10H2. The molecule has 2 heterocycles. The van der Waals surface area contributed by atoms with Crippen molar-refractivity contribution in [3.63, 3.8) is 0 Å². The maximum Gasteiger partial charge on any atom is 0.123 e. The lowest BCUT2D eigenvalue weighted by molar-refractivity contribution is 0.621. The van der Waals surface area contributed by atoms with Gasteiger partial charge in [-0.3, -0.25) is 0 Å². The van der Waals surface area contributed by atoms with Gasteiger partial charge in [0.05, 0.1) is 24.1 Å². The van der Waals surface area contributed by atoms with Crippen molar-refractivity contribution in [3.8, 4) is 5.69 Å². The molecule has 0 amide bonds. The quantitative estimate of drug-likeness (QED) is 0.740. The molecule has 5 nitrogen and oxygen atoms in total. The van der Waals surface area contributed by atoms with Crippen molar-refractivity contribution in [2.45, 2.75) is 25.8 Å². The van der Waals surface area contributed by atoms with Crippen LogP contribution >= 0.6 is 0 Å². The summed E-state index contributed by atoms with van der Waals surface area (Å²) in [5.41, 5.74) is 4.46. The molecule has 0 N–H and O–H groups in total. The third kappa shape index (κ3) is 2.12. The van der Waals surface area contributed by atoms with Crippen LogP contribution in [-0.2, 0) is 19.4 Å². The van der Waals surface area contributed by atoms with Crippen LogP contribution in [0.15, 0.2) is 36.7 Å². The van der Waals surface area contributed by atoms with Gasteiger partial charge in [-0.1, -0.05) is 5.21 Å². The normalized spacial score (nSPS) is 13.6. The molecule has 0 spiro atoms. The zero-order chi connectivity index (χ0) is 14.2. The summed E-state index contributed by atoms with van der Waals surface area (Å²) in [5.74, 6) is -0.231. The molecule has 0 aliphatic heterocycles. The molecular formula is C15H14FN5. The Bertz CT molecular complexity index is 758. The Kier molecular flexibility index (Phi) is 2.80. The maximum atomic E-state index is 13.1. The minimum Gasteiger partial charge on any atom is -0.246 e. The van der Waals surface area contributed by atoms with Crippen LogP contribution in [0.5, 0.6) is 0 Å². The third-order valence-corrected chi connectivity index (χ3v) is 3.87. The number of halogens is 1. The second kappa shape index (κ2) is 4.80. The van der Waals surface area contributed by atoms with Gasteiger partial charge in [0.2, 0.25) is 0 Å². The Labute approximate surface area is 121 Å². The van der Waals surface area contributed by atoms with Crippen molar-refractivity contribution in [2.75, 3.05) is 0 Å². The van der Waals surface area contributed by atoms with Crippen LogP contribution in [0, 0.1) is 5.82 Å². The van der Waals surface area contributed by atoms with Gasteiger partial charge in [-0.05, 0) is 49.1 Å². The van der Waals surface area contributed by atoms with Gasteiger partial charge >= 0.3 is 0 Å².